The summed E-state index contributed by atoms with van der Waals surface area (Å²) in [5, 5.41) is 0. The molecule has 4 rings (SSSR count). The Morgan fingerprint density at radius 1 is 1.39 bits per heavy atom. The molecule has 1 fully saturated rings. The van der Waals surface area contributed by atoms with Crippen LogP contribution in [0.4, 0.5) is 0 Å². The molecule has 3 aromatic rings. The first-order valence-electron chi connectivity index (χ1n) is 7.84. The molecule has 0 aliphatic carbocycles. The van der Waals surface area contributed by atoms with Gasteiger partial charge in [0.25, 0.3) is 5.91 Å². The lowest BCUT2D eigenvalue weighted by Crippen LogP contribution is -2.28. The number of rotatable bonds is 2. The minimum absolute atomic E-state index is 0.0786. The van der Waals surface area contributed by atoms with E-state index in [-0.39, 0.29) is 5.91 Å². The summed E-state index contributed by atoms with van der Waals surface area (Å²) in [7, 11) is 2.02. The first-order chi connectivity index (χ1) is 11.1. The third kappa shape index (κ3) is 2.40. The Labute approximate surface area is 134 Å². The molecule has 1 saturated heterocycles. The Morgan fingerprint density at radius 3 is 3.04 bits per heavy atom. The van der Waals surface area contributed by atoms with Crippen molar-refractivity contribution in [1.82, 2.24) is 24.4 Å². The molecular formula is C17H19N5O. The third-order valence-electron chi connectivity index (χ3n) is 4.54. The Morgan fingerprint density at radius 2 is 2.26 bits per heavy atom. The summed E-state index contributed by atoms with van der Waals surface area (Å²) in [6.07, 6.45) is 4.64. The van der Waals surface area contributed by atoms with Gasteiger partial charge in [0.2, 0.25) is 0 Å². The number of nitrogens with one attached hydrogen (secondary N) is 1. The van der Waals surface area contributed by atoms with Crippen LogP contribution in [0, 0.1) is 6.92 Å². The van der Waals surface area contributed by atoms with Gasteiger partial charge in [-0.15, -0.1) is 0 Å². The number of likely N-dealkylation sites (tertiary alicyclic amines) is 1. The van der Waals surface area contributed by atoms with Crippen LogP contribution in [-0.2, 0) is 7.05 Å². The molecular weight excluding hydrogens is 290 g/mol. The maximum atomic E-state index is 12.7. The number of hydrogen-bond acceptors (Lipinski definition) is 3. The van der Waals surface area contributed by atoms with E-state index in [9.17, 15) is 4.79 Å². The predicted octanol–water partition coefficient (Wildman–Crippen LogP) is 2.23. The Hall–Kier alpha value is -2.63. The standard InChI is InChI=1S/C17H19N5O/c1-11-8-21(2)16(20-11)13-5-6-22(9-13)17(23)12-3-4-14-15(7-12)19-10-18-14/h3-4,7-8,10,13H,5-6,9H2,1-2H3,(H,18,19). The minimum Gasteiger partial charge on any atom is -0.345 e. The van der Waals surface area contributed by atoms with Gasteiger partial charge in [0.1, 0.15) is 5.82 Å². The molecule has 0 saturated carbocycles. The SMILES string of the molecule is Cc1cn(C)c(C2CCN(C(=O)c3ccc4nc[nH]c4c3)C2)n1. The van der Waals surface area contributed by atoms with Crippen LogP contribution in [0.5, 0.6) is 0 Å². The van der Waals surface area contributed by atoms with E-state index >= 15 is 0 Å². The second kappa shape index (κ2) is 5.22. The van der Waals surface area contributed by atoms with Crippen LogP contribution in [-0.4, -0.2) is 43.4 Å². The zero-order valence-corrected chi connectivity index (χ0v) is 13.3. The second-order valence-electron chi connectivity index (χ2n) is 6.22. The summed E-state index contributed by atoms with van der Waals surface area (Å²) in [5.74, 6) is 1.46. The summed E-state index contributed by atoms with van der Waals surface area (Å²) in [6.45, 7) is 3.50. The average molecular weight is 309 g/mol. The van der Waals surface area contributed by atoms with Crippen LogP contribution in [0.25, 0.3) is 11.0 Å². The molecule has 6 heteroatoms. The van der Waals surface area contributed by atoms with Crippen LogP contribution in [0.3, 0.4) is 0 Å². The van der Waals surface area contributed by atoms with E-state index in [2.05, 4.69) is 19.5 Å². The van der Waals surface area contributed by atoms with E-state index in [1.165, 1.54) is 0 Å². The van der Waals surface area contributed by atoms with Crippen molar-refractivity contribution < 1.29 is 4.79 Å². The van der Waals surface area contributed by atoms with Gasteiger partial charge in [-0.3, -0.25) is 4.79 Å². The number of aromatic amines is 1. The summed E-state index contributed by atoms with van der Waals surface area (Å²) in [5.41, 5.74) is 3.51. The van der Waals surface area contributed by atoms with Gasteiger partial charge in [-0.1, -0.05) is 0 Å². The van der Waals surface area contributed by atoms with Gasteiger partial charge in [0, 0.05) is 37.8 Å². The number of nitrogens with zero attached hydrogens (tertiary/aromatic N) is 4. The minimum atomic E-state index is 0.0786. The molecule has 1 aliphatic heterocycles. The number of fused-ring (bicyclic) bond motifs is 1. The van der Waals surface area contributed by atoms with Gasteiger partial charge in [0.05, 0.1) is 23.1 Å². The number of aromatic nitrogens is 4. The molecule has 2 aromatic heterocycles. The molecule has 1 N–H and O–H groups in total. The van der Waals surface area contributed by atoms with Gasteiger partial charge >= 0.3 is 0 Å². The quantitative estimate of drug-likeness (QED) is 0.789. The summed E-state index contributed by atoms with van der Waals surface area (Å²) >= 11 is 0. The zero-order valence-electron chi connectivity index (χ0n) is 13.3. The molecule has 23 heavy (non-hydrogen) atoms. The molecule has 3 heterocycles. The fraction of sp³-hybridized carbons (Fsp3) is 0.353. The monoisotopic (exact) mass is 309 g/mol. The lowest BCUT2D eigenvalue weighted by Gasteiger charge is -2.16. The van der Waals surface area contributed by atoms with E-state index in [4.69, 9.17) is 0 Å². The number of hydrogen-bond donors (Lipinski definition) is 1. The van der Waals surface area contributed by atoms with Crippen molar-refractivity contribution in [2.24, 2.45) is 7.05 Å². The molecule has 1 aliphatic rings. The van der Waals surface area contributed by atoms with E-state index in [0.29, 0.717) is 11.5 Å². The van der Waals surface area contributed by atoms with Crippen molar-refractivity contribution in [3.05, 3.63) is 47.8 Å². The highest BCUT2D eigenvalue weighted by atomic mass is 16.2. The highest BCUT2D eigenvalue weighted by Gasteiger charge is 2.30. The summed E-state index contributed by atoms with van der Waals surface area (Å²) < 4.78 is 2.07. The lowest BCUT2D eigenvalue weighted by molar-refractivity contribution is 0.0790. The second-order valence-corrected chi connectivity index (χ2v) is 6.22. The van der Waals surface area contributed by atoms with Crippen molar-refractivity contribution in [1.29, 1.82) is 0 Å². The van der Waals surface area contributed by atoms with E-state index < -0.39 is 0 Å². The number of amides is 1. The summed E-state index contributed by atoms with van der Waals surface area (Å²) in [6, 6.07) is 5.61. The van der Waals surface area contributed by atoms with E-state index in [1.54, 1.807) is 6.33 Å². The number of H-pyrrole nitrogens is 1. The molecule has 1 atom stereocenters. The van der Waals surface area contributed by atoms with E-state index in [1.807, 2.05) is 43.3 Å². The van der Waals surface area contributed by atoms with Gasteiger partial charge < -0.3 is 14.5 Å². The number of imidazole rings is 2. The first-order valence-corrected chi connectivity index (χ1v) is 7.84. The van der Waals surface area contributed by atoms with Crippen molar-refractivity contribution in [3.8, 4) is 0 Å². The molecule has 1 unspecified atom stereocenters. The van der Waals surface area contributed by atoms with Crippen molar-refractivity contribution >= 4 is 16.9 Å². The molecule has 118 valence electrons. The van der Waals surface area contributed by atoms with Crippen molar-refractivity contribution in [2.75, 3.05) is 13.1 Å². The highest BCUT2D eigenvalue weighted by Crippen LogP contribution is 2.27. The molecule has 0 spiro atoms. The average Bonchev–Trinajstić information content (AvgIpc) is 3.24. The molecule has 0 radical (unpaired) electrons. The molecule has 0 bridgehead atoms. The fourth-order valence-electron chi connectivity index (χ4n) is 3.42. The summed E-state index contributed by atoms with van der Waals surface area (Å²) in [4.78, 5) is 26.5. The molecule has 1 amide bonds. The van der Waals surface area contributed by atoms with E-state index in [0.717, 1.165) is 42.1 Å². The smallest absolute Gasteiger partial charge is 0.253 e. The van der Waals surface area contributed by atoms with Crippen LogP contribution in [0.1, 0.15) is 34.2 Å². The maximum Gasteiger partial charge on any atom is 0.253 e. The number of carbonyl (C=O) groups is 1. The molecule has 6 nitrogen and oxygen atoms in total. The Kier molecular flexibility index (Phi) is 3.18. The normalized spacial score (nSPS) is 18.0. The number of benzene rings is 1. The van der Waals surface area contributed by atoms with Gasteiger partial charge in [-0.2, -0.15) is 0 Å². The largest absolute Gasteiger partial charge is 0.345 e. The fourth-order valence-corrected chi connectivity index (χ4v) is 3.42. The van der Waals surface area contributed by atoms with Gasteiger partial charge in [-0.05, 0) is 31.5 Å². The van der Waals surface area contributed by atoms with Gasteiger partial charge in [0.15, 0.2) is 0 Å². The maximum absolute atomic E-state index is 12.7. The van der Waals surface area contributed by atoms with Crippen molar-refractivity contribution in [2.45, 2.75) is 19.3 Å². The predicted molar refractivity (Wildman–Crippen MR) is 87.3 cm³/mol. The van der Waals surface area contributed by atoms with Crippen molar-refractivity contribution in [3.63, 3.8) is 0 Å². The Bertz CT molecular complexity index is 878. The van der Waals surface area contributed by atoms with Crippen LogP contribution < -0.4 is 0 Å². The number of carbonyl (C=O) groups excluding carboxylic acids is 1. The third-order valence-corrected chi connectivity index (χ3v) is 4.54. The first kappa shape index (κ1) is 14.0. The molecule has 1 aromatic carbocycles. The lowest BCUT2D eigenvalue weighted by atomic mass is 10.1. The zero-order chi connectivity index (χ0) is 16.0. The van der Waals surface area contributed by atoms with Crippen LogP contribution in [0.15, 0.2) is 30.7 Å². The number of aryl methyl sites for hydroxylation is 2. The van der Waals surface area contributed by atoms with Gasteiger partial charge in [-0.25, -0.2) is 9.97 Å². The van der Waals surface area contributed by atoms with Crippen LogP contribution in [0.2, 0.25) is 0 Å². The van der Waals surface area contributed by atoms with Crippen LogP contribution >= 0.6 is 0 Å². The topological polar surface area (TPSA) is 66.8 Å². The highest BCUT2D eigenvalue weighted by molar-refractivity contribution is 5.97. The Balaban J connectivity index is 1.54.